The average molecular weight is 282 g/mol. The number of halogens is 1. The molecule has 86 valence electrons. The smallest absolute Gasteiger partial charge is 0.0515 e. The fraction of sp³-hybridized carbons (Fsp3) is 0.385. The fourth-order valence-electron chi connectivity index (χ4n) is 2.02. The van der Waals surface area contributed by atoms with Crippen molar-refractivity contribution in [3.05, 3.63) is 34.4 Å². The lowest BCUT2D eigenvalue weighted by atomic mass is 10.1. The Labute approximate surface area is 104 Å². The van der Waals surface area contributed by atoms with Crippen LogP contribution in [0.5, 0.6) is 0 Å². The molecule has 1 atom stereocenters. The molecule has 2 rings (SSSR count). The third kappa shape index (κ3) is 2.02. The normalized spacial score (nSPS) is 13.2. The zero-order chi connectivity index (χ0) is 11.7. The van der Waals surface area contributed by atoms with Crippen molar-refractivity contribution in [2.75, 3.05) is 0 Å². The maximum absolute atomic E-state index is 9.35. The van der Waals surface area contributed by atoms with Crippen molar-refractivity contribution >= 4 is 26.8 Å². The largest absolute Gasteiger partial charge is 0.393 e. The molecule has 0 bridgehead atoms. The number of hydrogen-bond acceptors (Lipinski definition) is 1. The van der Waals surface area contributed by atoms with Crippen LogP contribution in [-0.2, 0) is 13.5 Å². The molecule has 0 saturated heterocycles. The van der Waals surface area contributed by atoms with E-state index in [9.17, 15) is 5.11 Å². The number of aryl methyl sites for hydroxylation is 1. The Bertz CT molecular complexity index is 463. The quantitative estimate of drug-likeness (QED) is 0.918. The highest BCUT2D eigenvalue weighted by Crippen LogP contribution is 2.30. The SMILES string of the molecule is CC(O)CCc1c(Br)c2ccccc2n1C. The van der Waals surface area contributed by atoms with Crippen molar-refractivity contribution in [3.63, 3.8) is 0 Å². The molecule has 0 fully saturated rings. The van der Waals surface area contributed by atoms with Gasteiger partial charge in [0, 0.05) is 28.1 Å². The van der Waals surface area contributed by atoms with Crippen LogP contribution in [0.1, 0.15) is 19.0 Å². The molecule has 1 unspecified atom stereocenters. The summed E-state index contributed by atoms with van der Waals surface area (Å²) in [5.74, 6) is 0. The van der Waals surface area contributed by atoms with Crippen LogP contribution in [0.3, 0.4) is 0 Å². The predicted octanol–water partition coefficient (Wildman–Crippen LogP) is 3.25. The molecule has 3 heteroatoms. The van der Waals surface area contributed by atoms with Gasteiger partial charge in [0.05, 0.1) is 6.10 Å². The van der Waals surface area contributed by atoms with Crippen LogP contribution in [0.4, 0.5) is 0 Å². The third-order valence-corrected chi connectivity index (χ3v) is 3.84. The highest BCUT2D eigenvalue weighted by molar-refractivity contribution is 9.10. The summed E-state index contributed by atoms with van der Waals surface area (Å²) in [4.78, 5) is 0. The number of rotatable bonds is 3. The van der Waals surface area contributed by atoms with Crippen LogP contribution in [0.15, 0.2) is 28.7 Å². The van der Waals surface area contributed by atoms with Gasteiger partial charge in [0.1, 0.15) is 0 Å². The van der Waals surface area contributed by atoms with Gasteiger partial charge >= 0.3 is 0 Å². The summed E-state index contributed by atoms with van der Waals surface area (Å²) < 4.78 is 3.35. The Morgan fingerprint density at radius 3 is 2.69 bits per heavy atom. The Hall–Kier alpha value is -0.800. The van der Waals surface area contributed by atoms with E-state index in [1.54, 1.807) is 0 Å². The minimum absolute atomic E-state index is 0.245. The average Bonchev–Trinajstić information content (AvgIpc) is 2.50. The summed E-state index contributed by atoms with van der Waals surface area (Å²) in [6, 6.07) is 8.33. The zero-order valence-corrected chi connectivity index (χ0v) is 11.2. The summed E-state index contributed by atoms with van der Waals surface area (Å²) in [7, 11) is 2.07. The highest BCUT2D eigenvalue weighted by Gasteiger charge is 2.12. The van der Waals surface area contributed by atoms with E-state index in [0.29, 0.717) is 0 Å². The third-order valence-electron chi connectivity index (χ3n) is 2.96. The first-order valence-corrected chi connectivity index (χ1v) is 6.30. The fourth-order valence-corrected chi connectivity index (χ4v) is 2.82. The number of hydrogen-bond donors (Lipinski definition) is 1. The number of aromatic nitrogens is 1. The number of benzene rings is 1. The van der Waals surface area contributed by atoms with Crippen LogP contribution >= 0.6 is 15.9 Å². The van der Waals surface area contributed by atoms with Gasteiger partial charge in [-0.05, 0) is 41.8 Å². The summed E-state index contributed by atoms with van der Waals surface area (Å²) >= 11 is 3.65. The molecular formula is C13H16BrNO. The van der Waals surface area contributed by atoms with Crippen LogP contribution in [-0.4, -0.2) is 15.8 Å². The first-order chi connectivity index (χ1) is 7.61. The topological polar surface area (TPSA) is 25.2 Å². The van der Waals surface area contributed by atoms with Crippen LogP contribution in [0.2, 0.25) is 0 Å². The van der Waals surface area contributed by atoms with Gasteiger partial charge in [-0.15, -0.1) is 0 Å². The zero-order valence-electron chi connectivity index (χ0n) is 9.57. The maximum Gasteiger partial charge on any atom is 0.0515 e. The molecule has 16 heavy (non-hydrogen) atoms. The highest BCUT2D eigenvalue weighted by atomic mass is 79.9. The maximum atomic E-state index is 9.35. The van der Waals surface area contributed by atoms with Gasteiger partial charge in [-0.2, -0.15) is 0 Å². The lowest BCUT2D eigenvalue weighted by Gasteiger charge is -2.06. The minimum Gasteiger partial charge on any atom is -0.393 e. The molecule has 0 aliphatic carbocycles. The van der Waals surface area contributed by atoms with Gasteiger partial charge in [0.2, 0.25) is 0 Å². The van der Waals surface area contributed by atoms with Gasteiger partial charge in [0.25, 0.3) is 0 Å². The molecule has 1 aromatic carbocycles. The summed E-state index contributed by atoms with van der Waals surface area (Å²) in [6.07, 6.45) is 1.44. The van der Waals surface area contributed by atoms with E-state index in [2.05, 4.69) is 39.7 Å². The van der Waals surface area contributed by atoms with Gasteiger partial charge in [-0.25, -0.2) is 0 Å². The molecule has 1 heterocycles. The second-order valence-electron chi connectivity index (χ2n) is 4.22. The van der Waals surface area contributed by atoms with Crippen molar-refractivity contribution in [2.24, 2.45) is 7.05 Å². The Morgan fingerprint density at radius 1 is 1.38 bits per heavy atom. The predicted molar refractivity (Wildman–Crippen MR) is 70.6 cm³/mol. The number of aliphatic hydroxyl groups excluding tert-OH is 1. The van der Waals surface area contributed by atoms with E-state index in [1.165, 1.54) is 16.6 Å². The molecule has 1 N–H and O–H groups in total. The molecule has 0 amide bonds. The molecular weight excluding hydrogens is 266 g/mol. The van der Waals surface area contributed by atoms with E-state index >= 15 is 0 Å². The Balaban J connectivity index is 2.45. The number of aliphatic hydroxyl groups is 1. The minimum atomic E-state index is -0.245. The number of fused-ring (bicyclic) bond motifs is 1. The molecule has 2 nitrogen and oxygen atoms in total. The van der Waals surface area contributed by atoms with E-state index in [4.69, 9.17) is 0 Å². The second-order valence-corrected chi connectivity index (χ2v) is 5.02. The van der Waals surface area contributed by atoms with Gasteiger partial charge in [0.15, 0.2) is 0 Å². The van der Waals surface area contributed by atoms with Gasteiger partial charge < -0.3 is 9.67 Å². The van der Waals surface area contributed by atoms with Gasteiger partial charge in [-0.3, -0.25) is 0 Å². The summed E-state index contributed by atoms with van der Waals surface area (Å²) in [5.41, 5.74) is 2.48. The second kappa shape index (κ2) is 4.60. The molecule has 1 aromatic heterocycles. The molecule has 0 aliphatic heterocycles. The lowest BCUT2D eigenvalue weighted by molar-refractivity contribution is 0.184. The van der Waals surface area contributed by atoms with E-state index in [0.717, 1.165) is 17.3 Å². The van der Waals surface area contributed by atoms with E-state index in [-0.39, 0.29) is 6.10 Å². The molecule has 0 radical (unpaired) electrons. The van der Waals surface area contributed by atoms with Crippen molar-refractivity contribution in [3.8, 4) is 0 Å². The van der Waals surface area contributed by atoms with Crippen LogP contribution < -0.4 is 0 Å². The summed E-state index contributed by atoms with van der Waals surface area (Å²) in [5, 5.41) is 10.6. The molecule has 0 aliphatic rings. The number of para-hydroxylation sites is 1. The van der Waals surface area contributed by atoms with Crippen molar-refractivity contribution < 1.29 is 5.11 Å². The Morgan fingerprint density at radius 2 is 2.06 bits per heavy atom. The Kier molecular flexibility index (Phi) is 3.36. The summed E-state index contributed by atoms with van der Waals surface area (Å²) in [6.45, 7) is 1.83. The van der Waals surface area contributed by atoms with E-state index < -0.39 is 0 Å². The van der Waals surface area contributed by atoms with Crippen molar-refractivity contribution in [2.45, 2.75) is 25.9 Å². The molecule has 0 spiro atoms. The van der Waals surface area contributed by atoms with Crippen molar-refractivity contribution in [1.29, 1.82) is 0 Å². The van der Waals surface area contributed by atoms with Crippen LogP contribution in [0, 0.1) is 0 Å². The van der Waals surface area contributed by atoms with Gasteiger partial charge in [-0.1, -0.05) is 18.2 Å². The monoisotopic (exact) mass is 281 g/mol. The molecule has 2 aromatic rings. The van der Waals surface area contributed by atoms with Crippen LogP contribution in [0.25, 0.3) is 10.9 Å². The first kappa shape index (κ1) is 11.7. The number of nitrogens with zero attached hydrogens (tertiary/aromatic N) is 1. The first-order valence-electron chi connectivity index (χ1n) is 5.51. The van der Waals surface area contributed by atoms with E-state index in [1.807, 2.05) is 19.1 Å². The molecule has 0 saturated carbocycles. The lowest BCUT2D eigenvalue weighted by Crippen LogP contribution is -2.04. The van der Waals surface area contributed by atoms with Crippen molar-refractivity contribution in [1.82, 2.24) is 4.57 Å². The standard InChI is InChI=1S/C13H16BrNO/c1-9(16)7-8-12-13(14)10-5-3-4-6-11(10)15(12)2/h3-6,9,16H,7-8H2,1-2H3.